The van der Waals surface area contributed by atoms with E-state index >= 15 is 0 Å². The standard InChI is InChI=1S/C24H32N4O5/c1-3-28(15-18-8-9-19-20(14-18)32-16-31-19)22(30)11-10-21-25-23(27-33-21)24(26-17(2)29)12-6-4-5-7-13-24/h8-9,14H,3-7,10-13,15-16H2,1-2H3,(H,26,29). The molecule has 9 nitrogen and oxygen atoms in total. The average molecular weight is 457 g/mol. The molecule has 33 heavy (non-hydrogen) atoms. The number of carbonyl (C=O) groups excluding carboxylic acids is 2. The highest BCUT2D eigenvalue weighted by molar-refractivity contribution is 5.76. The van der Waals surface area contributed by atoms with Crippen molar-refractivity contribution in [3.05, 3.63) is 35.5 Å². The third-order valence-electron chi connectivity index (χ3n) is 6.37. The van der Waals surface area contributed by atoms with Gasteiger partial charge in [-0.3, -0.25) is 9.59 Å². The number of nitrogens with zero attached hydrogens (tertiary/aromatic N) is 3. The third kappa shape index (κ3) is 5.46. The van der Waals surface area contributed by atoms with Crippen LogP contribution in [-0.4, -0.2) is 40.2 Å². The number of benzene rings is 1. The SMILES string of the molecule is CCN(Cc1ccc2c(c1)OCO2)C(=O)CCc1nc(C2(NC(C)=O)CCCCCC2)no1. The van der Waals surface area contributed by atoms with Crippen LogP contribution < -0.4 is 14.8 Å². The highest BCUT2D eigenvalue weighted by Gasteiger charge is 2.38. The van der Waals surface area contributed by atoms with Gasteiger partial charge in [0.15, 0.2) is 17.3 Å². The maximum absolute atomic E-state index is 12.9. The minimum Gasteiger partial charge on any atom is -0.454 e. The van der Waals surface area contributed by atoms with Gasteiger partial charge in [-0.2, -0.15) is 4.98 Å². The second-order valence-corrected chi connectivity index (χ2v) is 8.78. The Bertz CT molecular complexity index is 981. The smallest absolute Gasteiger partial charge is 0.231 e. The largest absolute Gasteiger partial charge is 0.454 e. The van der Waals surface area contributed by atoms with Gasteiger partial charge >= 0.3 is 0 Å². The number of rotatable bonds is 8. The summed E-state index contributed by atoms with van der Waals surface area (Å²) in [4.78, 5) is 31.1. The van der Waals surface area contributed by atoms with Crippen LogP contribution in [0.1, 0.15) is 76.1 Å². The minimum atomic E-state index is -0.580. The van der Waals surface area contributed by atoms with Gasteiger partial charge in [-0.05, 0) is 37.5 Å². The molecule has 1 N–H and O–H groups in total. The van der Waals surface area contributed by atoms with E-state index in [2.05, 4.69) is 15.5 Å². The molecule has 0 atom stereocenters. The van der Waals surface area contributed by atoms with E-state index in [4.69, 9.17) is 14.0 Å². The molecule has 9 heteroatoms. The van der Waals surface area contributed by atoms with Gasteiger partial charge in [0.2, 0.25) is 24.5 Å². The number of aromatic nitrogens is 2. The van der Waals surface area contributed by atoms with Crippen LogP contribution in [0.25, 0.3) is 0 Å². The molecule has 0 saturated heterocycles. The number of amides is 2. The zero-order valence-corrected chi connectivity index (χ0v) is 19.4. The summed E-state index contributed by atoms with van der Waals surface area (Å²) in [7, 11) is 0. The first-order valence-corrected chi connectivity index (χ1v) is 11.8. The van der Waals surface area contributed by atoms with Gasteiger partial charge in [0.1, 0.15) is 5.54 Å². The number of hydrogen-bond donors (Lipinski definition) is 1. The Hall–Kier alpha value is -3.10. The van der Waals surface area contributed by atoms with Gasteiger partial charge in [-0.1, -0.05) is 36.9 Å². The molecule has 0 radical (unpaired) electrons. The summed E-state index contributed by atoms with van der Waals surface area (Å²) >= 11 is 0. The summed E-state index contributed by atoms with van der Waals surface area (Å²) in [6.45, 7) is 4.79. The lowest BCUT2D eigenvalue weighted by atomic mass is 9.89. The van der Waals surface area contributed by atoms with Crippen LogP contribution in [0.5, 0.6) is 11.5 Å². The molecule has 1 aromatic carbocycles. The van der Waals surface area contributed by atoms with Crippen molar-refractivity contribution in [2.24, 2.45) is 0 Å². The maximum atomic E-state index is 12.9. The predicted molar refractivity (Wildman–Crippen MR) is 119 cm³/mol. The van der Waals surface area contributed by atoms with Gasteiger partial charge in [-0.15, -0.1) is 0 Å². The molecule has 1 aromatic heterocycles. The van der Waals surface area contributed by atoms with Crippen LogP contribution in [0.3, 0.4) is 0 Å². The molecule has 2 aliphatic rings. The number of nitrogens with one attached hydrogen (secondary N) is 1. The maximum Gasteiger partial charge on any atom is 0.231 e. The van der Waals surface area contributed by atoms with Crippen molar-refractivity contribution in [3.63, 3.8) is 0 Å². The molecular formula is C24H32N4O5. The lowest BCUT2D eigenvalue weighted by Gasteiger charge is -2.30. The molecule has 0 bridgehead atoms. The Morgan fingerprint density at radius 3 is 2.61 bits per heavy atom. The van der Waals surface area contributed by atoms with Gasteiger partial charge < -0.3 is 24.2 Å². The molecule has 2 aromatic rings. The Balaban J connectivity index is 1.38. The summed E-state index contributed by atoms with van der Waals surface area (Å²) in [5.74, 6) is 2.30. The summed E-state index contributed by atoms with van der Waals surface area (Å²) in [5.41, 5.74) is 0.406. The quantitative estimate of drug-likeness (QED) is 0.606. The Kier molecular flexibility index (Phi) is 7.15. The summed E-state index contributed by atoms with van der Waals surface area (Å²) in [6, 6.07) is 5.73. The molecule has 2 heterocycles. The number of ether oxygens (including phenoxy) is 2. The Morgan fingerprint density at radius 1 is 1.12 bits per heavy atom. The van der Waals surface area contributed by atoms with Crippen LogP contribution in [0.15, 0.2) is 22.7 Å². The summed E-state index contributed by atoms with van der Waals surface area (Å²) < 4.78 is 16.3. The van der Waals surface area contributed by atoms with Crippen LogP contribution in [-0.2, 0) is 28.1 Å². The monoisotopic (exact) mass is 456 g/mol. The molecule has 0 unspecified atom stereocenters. The van der Waals surface area contributed by atoms with E-state index < -0.39 is 5.54 Å². The molecule has 4 rings (SSSR count). The van der Waals surface area contributed by atoms with Crippen LogP contribution in [0.4, 0.5) is 0 Å². The zero-order valence-electron chi connectivity index (χ0n) is 19.4. The second-order valence-electron chi connectivity index (χ2n) is 8.78. The Morgan fingerprint density at radius 2 is 1.88 bits per heavy atom. The van der Waals surface area contributed by atoms with Crippen molar-refractivity contribution in [3.8, 4) is 11.5 Å². The van der Waals surface area contributed by atoms with E-state index in [-0.39, 0.29) is 25.0 Å². The van der Waals surface area contributed by atoms with Gasteiger partial charge in [0.25, 0.3) is 0 Å². The van der Waals surface area contributed by atoms with E-state index in [9.17, 15) is 9.59 Å². The molecular weight excluding hydrogens is 424 g/mol. The molecule has 1 fully saturated rings. The van der Waals surface area contributed by atoms with E-state index in [0.717, 1.165) is 49.8 Å². The first-order valence-electron chi connectivity index (χ1n) is 11.8. The normalized spacial score (nSPS) is 16.8. The summed E-state index contributed by atoms with van der Waals surface area (Å²) in [6.07, 6.45) is 6.51. The van der Waals surface area contributed by atoms with Gasteiger partial charge in [-0.25, -0.2) is 0 Å². The lowest BCUT2D eigenvalue weighted by Crippen LogP contribution is -2.45. The molecule has 2 amide bonds. The number of fused-ring (bicyclic) bond motifs is 1. The molecule has 178 valence electrons. The third-order valence-corrected chi connectivity index (χ3v) is 6.37. The van der Waals surface area contributed by atoms with Crippen molar-refractivity contribution >= 4 is 11.8 Å². The van der Waals surface area contributed by atoms with Crippen molar-refractivity contribution in [2.75, 3.05) is 13.3 Å². The highest BCUT2D eigenvalue weighted by Crippen LogP contribution is 2.35. The van der Waals surface area contributed by atoms with Crippen LogP contribution >= 0.6 is 0 Å². The van der Waals surface area contributed by atoms with Crippen molar-refractivity contribution in [1.82, 2.24) is 20.4 Å². The minimum absolute atomic E-state index is 0.0148. The lowest BCUT2D eigenvalue weighted by molar-refractivity contribution is -0.131. The van der Waals surface area contributed by atoms with Gasteiger partial charge in [0, 0.05) is 32.9 Å². The van der Waals surface area contributed by atoms with E-state index in [1.165, 1.54) is 6.92 Å². The van der Waals surface area contributed by atoms with E-state index in [1.54, 1.807) is 4.90 Å². The second kappa shape index (κ2) is 10.2. The number of carbonyl (C=O) groups is 2. The average Bonchev–Trinajstić information content (AvgIpc) is 3.41. The molecule has 1 aliphatic heterocycles. The van der Waals surface area contributed by atoms with Crippen molar-refractivity contribution in [2.45, 2.75) is 77.3 Å². The van der Waals surface area contributed by atoms with Crippen LogP contribution in [0.2, 0.25) is 0 Å². The molecule has 0 spiro atoms. The zero-order chi connectivity index (χ0) is 23.3. The number of hydrogen-bond acceptors (Lipinski definition) is 7. The van der Waals surface area contributed by atoms with Crippen LogP contribution in [0, 0.1) is 0 Å². The summed E-state index contributed by atoms with van der Waals surface area (Å²) in [5, 5.41) is 7.28. The fourth-order valence-corrected chi connectivity index (χ4v) is 4.63. The first kappa shape index (κ1) is 23.1. The predicted octanol–water partition coefficient (Wildman–Crippen LogP) is 3.47. The van der Waals surface area contributed by atoms with E-state index in [1.807, 2.05) is 25.1 Å². The van der Waals surface area contributed by atoms with Gasteiger partial charge in [0.05, 0.1) is 0 Å². The topological polar surface area (TPSA) is 107 Å². The molecule has 1 aliphatic carbocycles. The highest BCUT2D eigenvalue weighted by atomic mass is 16.7. The number of aryl methyl sites for hydroxylation is 1. The van der Waals surface area contributed by atoms with Crippen molar-refractivity contribution < 1.29 is 23.6 Å². The fraction of sp³-hybridized carbons (Fsp3) is 0.583. The van der Waals surface area contributed by atoms with Crippen molar-refractivity contribution in [1.29, 1.82) is 0 Å². The Labute approximate surface area is 193 Å². The fourth-order valence-electron chi connectivity index (χ4n) is 4.63. The van der Waals surface area contributed by atoms with E-state index in [0.29, 0.717) is 37.0 Å². The molecule has 1 saturated carbocycles. The first-order chi connectivity index (χ1) is 16.0.